The molecule has 5 aliphatic rings. The number of halogens is 2. The van der Waals surface area contributed by atoms with Gasteiger partial charge in [0.15, 0.2) is 11.5 Å². The number of aliphatic hydroxyl groups is 2. The summed E-state index contributed by atoms with van der Waals surface area (Å²) in [6.07, 6.45) is 11.3. The number of nitrogens with zero attached hydrogens (tertiary/aromatic N) is 1. The predicted octanol–water partition coefficient (Wildman–Crippen LogP) is 1.26. The number of ketones is 1. The first-order chi connectivity index (χ1) is 14.6. The van der Waals surface area contributed by atoms with Crippen LogP contribution in [0.2, 0.25) is 0 Å². The largest absolute Gasteiger partial charge is 1.00 e. The predicted molar refractivity (Wildman–Crippen MR) is 126 cm³/mol. The van der Waals surface area contributed by atoms with E-state index in [0.717, 1.165) is 38.5 Å². The Morgan fingerprint density at radius 3 is 2.47 bits per heavy atom. The molecule has 180 valence electrons. The van der Waals surface area contributed by atoms with Crippen LogP contribution >= 0.6 is 15.9 Å². The van der Waals surface area contributed by atoms with Gasteiger partial charge >= 0.3 is 0 Å². The van der Waals surface area contributed by atoms with Gasteiger partial charge in [-0.1, -0.05) is 42.3 Å². The molecule has 4 nitrogen and oxygen atoms in total. The third-order valence-electron chi connectivity index (χ3n) is 10.8. The Kier molecular flexibility index (Phi) is 6.48. The molecule has 7 atom stereocenters. The Hall–Kier alpha value is -0.0400. The number of alkyl halides is 1. The zero-order chi connectivity index (χ0) is 22.2. The lowest BCUT2D eigenvalue weighted by molar-refractivity contribution is -0.506. The van der Waals surface area contributed by atoms with Gasteiger partial charge in [0, 0.05) is 36.2 Å². The van der Waals surface area contributed by atoms with Crippen molar-refractivity contribution in [2.75, 3.05) is 18.4 Å². The standard InChI is InChI=1S/C26H39BrNO3.BrH/c1-17-14-21-20-7-6-18-15-19(28-12-4-5-13-28)8-9-23(18,2)25(20,30)11-10-24(21,3)26(17,31)22(29)16-27;/h15,17,20-21,30-31H,4-14,16H2,1-3H3;1H/q+1;/p-1/t17-,20-,21-,23-,24-,25+,26-;/m0./s1. The zero-order valence-electron chi connectivity index (χ0n) is 19.8. The zero-order valence-corrected chi connectivity index (χ0v) is 23.0. The van der Waals surface area contributed by atoms with Crippen LogP contribution in [0.25, 0.3) is 0 Å². The Bertz CT molecular complexity index is 863. The summed E-state index contributed by atoms with van der Waals surface area (Å²) >= 11 is 3.32. The fourth-order valence-electron chi connectivity index (χ4n) is 8.81. The van der Waals surface area contributed by atoms with Crippen LogP contribution in [-0.2, 0) is 4.79 Å². The second-order valence-corrected chi connectivity index (χ2v) is 12.3. The Labute approximate surface area is 211 Å². The van der Waals surface area contributed by atoms with Crippen LogP contribution in [0.4, 0.5) is 0 Å². The van der Waals surface area contributed by atoms with Crippen LogP contribution in [-0.4, -0.2) is 55.9 Å². The summed E-state index contributed by atoms with van der Waals surface area (Å²) in [5, 5.41) is 24.3. The smallest absolute Gasteiger partial charge is 0.175 e. The first kappa shape index (κ1) is 25.1. The van der Waals surface area contributed by atoms with Crippen LogP contribution in [0.3, 0.4) is 0 Å². The first-order valence-corrected chi connectivity index (χ1v) is 13.6. The van der Waals surface area contributed by atoms with Crippen molar-refractivity contribution in [1.82, 2.24) is 0 Å². The average molecular weight is 573 g/mol. The fraction of sp³-hybridized carbons (Fsp3) is 0.846. The average Bonchev–Trinajstić information content (AvgIpc) is 3.35. The summed E-state index contributed by atoms with van der Waals surface area (Å²) in [5.41, 5.74) is 0.264. The molecule has 0 unspecified atom stereocenters. The van der Waals surface area contributed by atoms with E-state index in [4.69, 9.17) is 0 Å². The van der Waals surface area contributed by atoms with E-state index in [0.29, 0.717) is 6.42 Å². The van der Waals surface area contributed by atoms with Gasteiger partial charge in [-0.05, 0) is 56.3 Å². The second-order valence-electron chi connectivity index (χ2n) is 11.7. The highest BCUT2D eigenvalue weighted by Crippen LogP contribution is 2.70. The highest BCUT2D eigenvalue weighted by atomic mass is 79.9. The van der Waals surface area contributed by atoms with Crippen LogP contribution in [0, 0.1) is 28.6 Å². The van der Waals surface area contributed by atoms with Crippen molar-refractivity contribution in [1.29, 1.82) is 0 Å². The summed E-state index contributed by atoms with van der Waals surface area (Å²) in [7, 11) is 0. The highest BCUT2D eigenvalue weighted by Gasteiger charge is 2.72. The van der Waals surface area contributed by atoms with Crippen molar-refractivity contribution in [2.45, 2.75) is 89.8 Å². The van der Waals surface area contributed by atoms with Gasteiger partial charge in [-0.3, -0.25) is 4.79 Å². The number of allylic oxidation sites excluding steroid dienone is 1. The third-order valence-corrected chi connectivity index (χ3v) is 11.3. The number of fused-ring (bicyclic) bond motifs is 5. The van der Waals surface area contributed by atoms with Gasteiger partial charge in [-0.2, -0.15) is 0 Å². The van der Waals surface area contributed by atoms with Crippen LogP contribution < -0.4 is 17.0 Å². The third kappa shape index (κ3) is 3.04. The number of hydrogen-bond acceptors (Lipinski definition) is 3. The minimum absolute atomic E-state index is 0. The van der Waals surface area contributed by atoms with E-state index in [1.807, 2.05) is 6.92 Å². The Morgan fingerprint density at radius 1 is 1.12 bits per heavy atom. The molecule has 0 aromatic heterocycles. The highest BCUT2D eigenvalue weighted by molar-refractivity contribution is 9.09. The molecule has 4 fully saturated rings. The number of Topliss-reactive ketones (excluding diaryl/α,β-unsaturated/α-hetero) is 1. The molecule has 1 heterocycles. The molecule has 0 spiro atoms. The molecule has 0 aromatic carbocycles. The van der Waals surface area contributed by atoms with Crippen molar-refractivity contribution < 1.29 is 36.6 Å². The molecule has 0 radical (unpaired) electrons. The maximum absolute atomic E-state index is 12.9. The molecule has 1 saturated heterocycles. The molecule has 32 heavy (non-hydrogen) atoms. The molecule has 0 aromatic rings. The van der Waals surface area contributed by atoms with Gasteiger partial charge in [0.1, 0.15) is 18.7 Å². The molecule has 3 saturated carbocycles. The van der Waals surface area contributed by atoms with E-state index in [-0.39, 0.29) is 51.3 Å². The van der Waals surface area contributed by atoms with E-state index in [2.05, 4.69) is 40.4 Å². The van der Waals surface area contributed by atoms with Crippen molar-refractivity contribution in [3.8, 4) is 0 Å². The SMILES string of the molecule is C[C@H]1C[C@H]2[C@@H]3CCC4=CC(=[N+]5CCCC5)CC[C@]4(C)[C@@]3(O)CC[C@]2(C)[C@@]1(O)C(=O)CBr.[Br-]. The maximum Gasteiger partial charge on any atom is 0.175 e. The molecule has 1 aliphatic heterocycles. The number of carbonyl (C=O) groups excluding carboxylic acids is 1. The van der Waals surface area contributed by atoms with Gasteiger partial charge < -0.3 is 27.2 Å². The molecule has 4 aliphatic carbocycles. The van der Waals surface area contributed by atoms with Gasteiger partial charge in [0.2, 0.25) is 0 Å². The van der Waals surface area contributed by atoms with Gasteiger partial charge in [0.05, 0.1) is 10.9 Å². The summed E-state index contributed by atoms with van der Waals surface area (Å²) in [5.74, 6) is 0.194. The van der Waals surface area contributed by atoms with Crippen LogP contribution in [0.5, 0.6) is 0 Å². The molecule has 0 bridgehead atoms. The van der Waals surface area contributed by atoms with Crippen molar-refractivity contribution in [2.24, 2.45) is 28.6 Å². The van der Waals surface area contributed by atoms with Crippen molar-refractivity contribution >= 4 is 27.4 Å². The van der Waals surface area contributed by atoms with E-state index >= 15 is 0 Å². The molecule has 6 heteroatoms. The Balaban J connectivity index is 0.00000245. The van der Waals surface area contributed by atoms with E-state index in [1.54, 1.807) is 0 Å². The van der Waals surface area contributed by atoms with E-state index in [1.165, 1.54) is 37.2 Å². The summed E-state index contributed by atoms with van der Waals surface area (Å²) in [6, 6.07) is 0. The fourth-order valence-corrected chi connectivity index (χ4v) is 9.24. The molecule has 0 amide bonds. The van der Waals surface area contributed by atoms with Crippen LogP contribution in [0.15, 0.2) is 11.6 Å². The Morgan fingerprint density at radius 2 is 1.81 bits per heavy atom. The minimum Gasteiger partial charge on any atom is -1.00 e. The molecule has 2 N–H and O–H groups in total. The van der Waals surface area contributed by atoms with Crippen LogP contribution in [0.1, 0.15) is 78.6 Å². The van der Waals surface area contributed by atoms with E-state index < -0.39 is 16.6 Å². The topological polar surface area (TPSA) is 60.5 Å². The lowest BCUT2D eigenvalue weighted by Gasteiger charge is -2.63. The second kappa shape index (κ2) is 8.27. The molecular weight excluding hydrogens is 534 g/mol. The normalized spacial score (nSPS) is 47.8. The molecular formula is C26H39Br2NO3. The summed E-state index contributed by atoms with van der Waals surface area (Å²) in [6.45, 7) is 8.84. The lowest BCUT2D eigenvalue weighted by Crippen LogP contribution is -3.00. The quantitative estimate of drug-likeness (QED) is 0.387. The van der Waals surface area contributed by atoms with E-state index in [9.17, 15) is 15.0 Å². The first-order valence-electron chi connectivity index (χ1n) is 12.5. The van der Waals surface area contributed by atoms with Crippen molar-refractivity contribution in [3.05, 3.63) is 11.6 Å². The minimum atomic E-state index is -1.29. The lowest BCUT2D eigenvalue weighted by atomic mass is 9.44. The molecule has 5 rings (SSSR count). The number of rotatable bonds is 2. The van der Waals surface area contributed by atoms with Gasteiger partial charge in [0.25, 0.3) is 0 Å². The summed E-state index contributed by atoms with van der Waals surface area (Å²) in [4.78, 5) is 12.9. The summed E-state index contributed by atoms with van der Waals surface area (Å²) < 4.78 is 2.56. The van der Waals surface area contributed by atoms with Gasteiger partial charge in [-0.15, -0.1) is 0 Å². The maximum atomic E-state index is 12.9. The number of hydrogen-bond donors (Lipinski definition) is 2. The van der Waals surface area contributed by atoms with Crippen molar-refractivity contribution in [3.63, 3.8) is 0 Å². The monoisotopic (exact) mass is 571 g/mol. The number of carbonyl (C=O) groups is 1. The van der Waals surface area contributed by atoms with Gasteiger partial charge in [-0.25, -0.2) is 4.58 Å².